The number of carbonyl (C=O) groups is 1. The maximum absolute atomic E-state index is 12.4. The number of methoxy groups -OCH3 is 1. The summed E-state index contributed by atoms with van der Waals surface area (Å²) in [5, 5.41) is 4.27. The molecule has 6 nitrogen and oxygen atoms in total. The van der Waals surface area contributed by atoms with E-state index >= 15 is 0 Å². The molecule has 0 aliphatic rings. The minimum Gasteiger partial charge on any atom is -0.496 e. The van der Waals surface area contributed by atoms with Gasteiger partial charge in [-0.05, 0) is 32.0 Å². The molecule has 0 N–H and O–H groups in total. The number of carbonyl (C=O) groups excluding carboxylic acids is 1. The smallest absolute Gasteiger partial charge is 0.344 e. The second kappa shape index (κ2) is 6.08. The highest BCUT2D eigenvalue weighted by Gasteiger charge is 2.20. The van der Waals surface area contributed by atoms with Gasteiger partial charge < -0.3 is 9.47 Å². The fourth-order valence-electron chi connectivity index (χ4n) is 2.47. The maximum atomic E-state index is 12.4. The first-order valence-corrected chi connectivity index (χ1v) is 7.20. The average molecular weight is 311 g/mol. The molecule has 0 amide bonds. The van der Waals surface area contributed by atoms with Gasteiger partial charge in [-0.2, -0.15) is 5.10 Å². The van der Waals surface area contributed by atoms with Crippen molar-refractivity contribution in [3.63, 3.8) is 0 Å². The van der Waals surface area contributed by atoms with Crippen LogP contribution in [0, 0.1) is 13.8 Å². The Bertz CT molecular complexity index is 871. The Hall–Kier alpha value is -2.89. The number of hydrogen-bond acceptors (Lipinski definition) is 5. The molecule has 0 fully saturated rings. The summed E-state index contributed by atoms with van der Waals surface area (Å²) in [6, 6.07) is 7.50. The lowest BCUT2D eigenvalue weighted by Gasteiger charge is -2.10. The Kier molecular flexibility index (Phi) is 3.97. The van der Waals surface area contributed by atoms with Gasteiger partial charge in [-0.1, -0.05) is 11.6 Å². The predicted octanol–water partition coefficient (Wildman–Crippen LogP) is 2.71. The van der Waals surface area contributed by atoms with Crippen molar-refractivity contribution in [1.82, 2.24) is 14.6 Å². The third-order valence-corrected chi connectivity index (χ3v) is 3.57. The normalized spacial score (nSPS) is 10.7. The number of hydrogen-bond donors (Lipinski definition) is 0. The monoisotopic (exact) mass is 311 g/mol. The molecule has 0 unspecified atom stereocenters. The second-order valence-electron chi connectivity index (χ2n) is 5.24. The van der Waals surface area contributed by atoms with Gasteiger partial charge in [-0.3, -0.25) is 0 Å². The first-order valence-electron chi connectivity index (χ1n) is 7.20. The zero-order valence-electron chi connectivity index (χ0n) is 13.2. The van der Waals surface area contributed by atoms with Crippen LogP contribution in [-0.4, -0.2) is 27.7 Å². The van der Waals surface area contributed by atoms with Gasteiger partial charge >= 0.3 is 5.97 Å². The van der Waals surface area contributed by atoms with E-state index in [0.29, 0.717) is 22.7 Å². The molecule has 0 bridgehead atoms. The summed E-state index contributed by atoms with van der Waals surface area (Å²) in [5.74, 6) is 0.248. The van der Waals surface area contributed by atoms with Gasteiger partial charge in [-0.25, -0.2) is 14.3 Å². The number of nitrogens with zero attached hydrogens (tertiary/aromatic N) is 3. The molecular weight excluding hydrogens is 294 g/mol. The standard InChI is InChI=1S/C17H17N3O3/c1-11-5-6-14(22-3)13(9-11)10-23-17(21)15-12(2)19-20-8-4-7-18-16(15)20/h4-9H,10H2,1-3H3. The first kappa shape index (κ1) is 15.0. The highest BCUT2D eigenvalue weighted by molar-refractivity contribution is 5.97. The van der Waals surface area contributed by atoms with E-state index in [1.165, 1.54) is 0 Å². The van der Waals surface area contributed by atoms with Crippen LogP contribution in [0.3, 0.4) is 0 Å². The third kappa shape index (κ3) is 2.88. The van der Waals surface area contributed by atoms with Crippen molar-refractivity contribution in [3.8, 4) is 5.75 Å². The molecule has 118 valence electrons. The van der Waals surface area contributed by atoms with Gasteiger partial charge in [0.15, 0.2) is 5.65 Å². The number of rotatable bonds is 4. The molecule has 3 rings (SSSR count). The van der Waals surface area contributed by atoms with Crippen LogP contribution in [0.5, 0.6) is 5.75 Å². The van der Waals surface area contributed by atoms with E-state index in [-0.39, 0.29) is 6.61 Å². The van der Waals surface area contributed by atoms with E-state index in [9.17, 15) is 4.79 Å². The van der Waals surface area contributed by atoms with Crippen LogP contribution < -0.4 is 4.74 Å². The lowest BCUT2D eigenvalue weighted by atomic mass is 10.1. The van der Waals surface area contributed by atoms with Gasteiger partial charge in [0.05, 0.1) is 12.8 Å². The summed E-state index contributed by atoms with van der Waals surface area (Å²) in [4.78, 5) is 16.6. The van der Waals surface area contributed by atoms with Gasteiger partial charge in [0.1, 0.15) is 17.9 Å². The summed E-state index contributed by atoms with van der Waals surface area (Å²) in [7, 11) is 1.59. The van der Waals surface area contributed by atoms with Crippen LogP contribution >= 0.6 is 0 Å². The molecule has 2 aromatic heterocycles. The highest BCUT2D eigenvalue weighted by atomic mass is 16.5. The summed E-state index contributed by atoms with van der Waals surface area (Å²) in [6.45, 7) is 3.87. The molecule has 0 aliphatic heterocycles. The molecule has 0 radical (unpaired) electrons. The molecule has 3 aromatic rings. The van der Waals surface area contributed by atoms with Crippen molar-refractivity contribution >= 4 is 11.6 Å². The van der Waals surface area contributed by atoms with Gasteiger partial charge in [0.25, 0.3) is 0 Å². The number of esters is 1. The van der Waals surface area contributed by atoms with E-state index in [0.717, 1.165) is 11.1 Å². The fraction of sp³-hybridized carbons (Fsp3) is 0.235. The zero-order valence-corrected chi connectivity index (χ0v) is 13.2. The Morgan fingerprint density at radius 1 is 1.30 bits per heavy atom. The van der Waals surface area contributed by atoms with Gasteiger partial charge in [-0.15, -0.1) is 0 Å². The predicted molar refractivity (Wildman–Crippen MR) is 84.6 cm³/mol. The zero-order chi connectivity index (χ0) is 16.4. The molecule has 0 atom stereocenters. The van der Waals surface area contributed by atoms with Gasteiger partial charge in [0, 0.05) is 18.0 Å². The highest BCUT2D eigenvalue weighted by Crippen LogP contribution is 2.22. The average Bonchev–Trinajstić information content (AvgIpc) is 2.88. The topological polar surface area (TPSA) is 65.7 Å². The van der Waals surface area contributed by atoms with E-state index < -0.39 is 5.97 Å². The third-order valence-electron chi connectivity index (χ3n) is 3.57. The van der Waals surface area contributed by atoms with Crippen molar-refractivity contribution in [2.24, 2.45) is 0 Å². The lowest BCUT2D eigenvalue weighted by molar-refractivity contribution is 0.0471. The molecule has 6 heteroatoms. The van der Waals surface area contributed by atoms with Crippen molar-refractivity contribution in [3.05, 3.63) is 59.0 Å². The molecule has 23 heavy (non-hydrogen) atoms. The van der Waals surface area contributed by atoms with Crippen molar-refractivity contribution in [2.75, 3.05) is 7.11 Å². The Morgan fingerprint density at radius 2 is 2.13 bits per heavy atom. The van der Waals surface area contributed by atoms with Crippen LogP contribution in [0.4, 0.5) is 0 Å². The fourth-order valence-corrected chi connectivity index (χ4v) is 2.47. The number of aryl methyl sites for hydroxylation is 2. The largest absolute Gasteiger partial charge is 0.496 e. The van der Waals surface area contributed by atoms with Gasteiger partial charge in [0.2, 0.25) is 0 Å². The molecule has 0 saturated carbocycles. The van der Waals surface area contributed by atoms with Crippen LogP contribution in [0.15, 0.2) is 36.7 Å². The molecule has 1 aromatic carbocycles. The van der Waals surface area contributed by atoms with E-state index in [1.807, 2.05) is 25.1 Å². The first-order chi connectivity index (χ1) is 11.1. The minimum atomic E-state index is -0.445. The van der Waals surface area contributed by atoms with Crippen LogP contribution in [0.25, 0.3) is 5.65 Å². The summed E-state index contributed by atoms with van der Waals surface area (Å²) < 4.78 is 12.3. The van der Waals surface area contributed by atoms with Crippen molar-refractivity contribution in [1.29, 1.82) is 0 Å². The van der Waals surface area contributed by atoms with Crippen LogP contribution in [-0.2, 0) is 11.3 Å². The van der Waals surface area contributed by atoms with E-state index in [4.69, 9.17) is 9.47 Å². The van der Waals surface area contributed by atoms with E-state index in [2.05, 4.69) is 10.1 Å². The second-order valence-corrected chi connectivity index (χ2v) is 5.24. The van der Waals surface area contributed by atoms with Crippen molar-refractivity contribution < 1.29 is 14.3 Å². The van der Waals surface area contributed by atoms with Crippen LogP contribution in [0.2, 0.25) is 0 Å². The van der Waals surface area contributed by atoms with E-state index in [1.54, 1.807) is 37.0 Å². The summed E-state index contributed by atoms with van der Waals surface area (Å²) in [5.41, 5.74) is 3.36. The quantitative estimate of drug-likeness (QED) is 0.693. The minimum absolute atomic E-state index is 0.132. The number of fused-ring (bicyclic) bond motifs is 1. The summed E-state index contributed by atoms with van der Waals surface area (Å²) >= 11 is 0. The molecule has 2 heterocycles. The Balaban J connectivity index is 1.85. The SMILES string of the molecule is COc1ccc(C)cc1COC(=O)c1c(C)nn2cccnc12. The molecule has 0 saturated heterocycles. The summed E-state index contributed by atoms with van der Waals surface area (Å²) in [6.07, 6.45) is 3.37. The van der Waals surface area contributed by atoms with Crippen molar-refractivity contribution in [2.45, 2.75) is 20.5 Å². The number of benzene rings is 1. The molecule has 0 spiro atoms. The van der Waals surface area contributed by atoms with Crippen LogP contribution in [0.1, 0.15) is 27.2 Å². The Morgan fingerprint density at radius 3 is 2.91 bits per heavy atom. The number of ether oxygens (including phenoxy) is 2. The lowest BCUT2D eigenvalue weighted by Crippen LogP contribution is -2.08. The molecular formula is C17H17N3O3. The maximum Gasteiger partial charge on any atom is 0.344 e. The number of aromatic nitrogens is 3. The molecule has 0 aliphatic carbocycles. The Labute approximate surface area is 133 Å².